The molecule has 1 aromatic carbocycles. The van der Waals surface area contributed by atoms with Gasteiger partial charge in [0.2, 0.25) is 0 Å². The van der Waals surface area contributed by atoms with Gasteiger partial charge in [0.25, 0.3) is 0 Å². The molecule has 3 rings (SSSR count). The third-order valence-corrected chi connectivity index (χ3v) is 3.97. The minimum atomic E-state index is -0.253. The van der Waals surface area contributed by atoms with Gasteiger partial charge in [-0.25, -0.2) is 4.98 Å². The molecule has 3 aromatic rings. The molecule has 0 fully saturated rings. The SMILES string of the molecule is N#CC(C#N)=C(C#N)Nc1ccc2nc(-c3cccs3)[nH]c2c1. The highest BCUT2D eigenvalue weighted by atomic mass is 32.1. The van der Waals surface area contributed by atoms with E-state index in [0.717, 1.165) is 21.7 Å². The fourth-order valence-electron chi connectivity index (χ4n) is 2.04. The molecule has 0 atom stereocenters. The maximum atomic E-state index is 9.07. The van der Waals surface area contributed by atoms with Crippen molar-refractivity contribution < 1.29 is 0 Å². The summed E-state index contributed by atoms with van der Waals surface area (Å²) < 4.78 is 0. The van der Waals surface area contributed by atoms with Crippen LogP contribution in [-0.2, 0) is 0 Å². The number of nitrogens with zero attached hydrogens (tertiary/aromatic N) is 4. The van der Waals surface area contributed by atoms with Crippen LogP contribution in [0.2, 0.25) is 0 Å². The van der Waals surface area contributed by atoms with Crippen LogP contribution in [0.1, 0.15) is 0 Å². The number of nitriles is 3. The van der Waals surface area contributed by atoms with E-state index in [4.69, 9.17) is 15.8 Å². The summed E-state index contributed by atoms with van der Waals surface area (Å²) in [7, 11) is 0. The number of imidazole rings is 1. The van der Waals surface area contributed by atoms with Crippen molar-refractivity contribution in [1.82, 2.24) is 9.97 Å². The van der Waals surface area contributed by atoms with E-state index in [9.17, 15) is 0 Å². The van der Waals surface area contributed by atoms with E-state index in [-0.39, 0.29) is 11.3 Å². The van der Waals surface area contributed by atoms with Crippen LogP contribution in [0, 0.1) is 34.0 Å². The minimum Gasteiger partial charge on any atom is -0.345 e. The number of benzene rings is 1. The van der Waals surface area contributed by atoms with E-state index < -0.39 is 0 Å². The Labute approximate surface area is 135 Å². The Morgan fingerprint density at radius 3 is 2.61 bits per heavy atom. The second-order valence-corrected chi connectivity index (χ2v) is 5.45. The zero-order chi connectivity index (χ0) is 16.2. The van der Waals surface area contributed by atoms with Gasteiger partial charge in [-0.1, -0.05) is 6.07 Å². The molecule has 0 bridgehead atoms. The minimum absolute atomic E-state index is 0.0765. The summed E-state index contributed by atoms with van der Waals surface area (Å²) in [6.45, 7) is 0. The standard InChI is InChI=1S/C16H8N6S/c17-7-10(8-18)14(9-19)20-11-3-4-12-13(6-11)22-16(21-12)15-2-1-5-23-15/h1-6,20H,(H,21,22). The highest BCUT2D eigenvalue weighted by molar-refractivity contribution is 7.13. The number of hydrogen-bond acceptors (Lipinski definition) is 6. The average Bonchev–Trinajstić information content (AvgIpc) is 3.23. The van der Waals surface area contributed by atoms with E-state index >= 15 is 0 Å². The molecule has 0 spiro atoms. The van der Waals surface area contributed by atoms with Crippen molar-refractivity contribution in [2.24, 2.45) is 0 Å². The Kier molecular flexibility index (Phi) is 3.76. The first-order chi connectivity index (χ1) is 11.2. The summed E-state index contributed by atoms with van der Waals surface area (Å²) in [5.41, 5.74) is 1.86. The van der Waals surface area contributed by atoms with Crippen LogP contribution >= 0.6 is 11.3 Å². The van der Waals surface area contributed by atoms with Crippen molar-refractivity contribution in [3.8, 4) is 28.9 Å². The van der Waals surface area contributed by atoms with Crippen molar-refractivity contribution in [3.63, 3.8) is 0 Å². The van der Waals surface area contributed by atoms with Gasteiger partial charge in [0.15, 0.2) is 5.57 Å². The summed E-state index contributed by atoms with van der Waals surface area (Å²) in [5, 5.41) is 31.5. The van der Waals surface area contributed by atoms with Gasteiger partial charge in [-0.15, -0.1) is 11.3 Å². The fraction of sp³-hybridized carbons (Fsp3) is 0. The van der Waals surface area contributed by atoms with Gasteiger partial charge in [-0.3, -0.25) is 0 Å². The van der Waals surface area contributed by atoms with Crippen LogP contribution in [0.25, 0.3) is 21.7 Å². The van der Waals surface area contributed by atoms with Crippen molar-refractivity contribution >= 4 is 28.1 Å². The van der Waals surface area contributed by atoms with Gasteiger partial charge in [-0.05, 0) is 29.6 Å². The van der Waals surface area contributed by atoms with Gasteiger partial charge < -0.3 is 10.3 Å². The highest BCUT2D eigenvalue weighted by Gasteiger charge is 2.09. The first kappa shape index (κ1) is 14.3. The Bertz CT molecular complexity index is 1010. The normalized spacial score (nSPS) is 9.61. The molecule has 2 N–H and O–H groups in total. The molecule has 2 aromatic heterocycles. The fourth-order valence-corrected chi connectivity index (χ4v) is 2.71. The molecule has 0 aliphatic carbocycles. The zero-order valence-corrected chi connectivity index (χ0v) is 12.5. The molecule has 23 heavy (non-hydrogen) atoms. The summed E-state index contributed by atoms with van der Waals surface area (Å²) in [6, 6.07) is 14.5. The molecular formula is C16H8N6S. The van der Waals surface area contributed by atoms with Crippen LogP contribution in [0.4, 0.5) is 5.69 Å². The third kappa shape index (κ3) is 2.75. The van der Waals surface area contributed by atoms with E-state index in [2.05, 4.69) is 15.3 Å². The molecule has 6 nitrogen and oxygen atoms in total. The highest BCUT2D eigenvalue weighted by Crippen LogP contribution is 2.26. The number of aromatic nitrogens is 2. The predicted octanol–water partition coefficient (Wildman–Crippen LogP) is 3.53. The second kappa shape index (κ2) is 6.03. The number of anilines is 1. The smallest absolute Gasteiger partial charge is 0.163 e. The monoisotopic (exact) mass is 316 g/mol. The van der Waals surface area contributed by atoms with Crippen LogP contribution in [0.15, 0.2) is 47.0 Å². The molecule has 108 valence electrons. The molecule has 0 radical (unpaired) electrons. The summed E-state index contributed by atoms with van der Waals surface area (Å²) in [5.74, 6) is 0.776. The quantitative estimate of drug-likeness (QED) is 0.718. The lowest BCUT2D eigenvalue weighted by atomic mass is 10.2. The van der Waals surface area contributed by atoms with Gasteiger partial charge in [0, 0.05) is 5.69 Å². The van der Waals surface area contributed by atoms with Crippen molar-refractivity contribution in [2.45, 2.75) is 0 Å². The summed E-state index contributed by atoms with van der Waals surface area (Å²) in [6.07, 6.45) is 0. The first-order valence-electron chi connectivity index (χ1n) is 6.50. The Morgan fingerprint density at radius 1 is 1.13 bits per heavy atom. The van der Waals surface area contributed by atoms with Crippen LogP contribution in [0.3, 0.4) is 0 Å². The molecule has 0 aliphatic rings. The number of allylic oxidation sites excluding steroid dienone is 2. The molecule has 0 aliphatic heterocycles. The van der Waals surface area contributed by atoms with E-state index in [0.29, 0.717) is 5.69 Å². The number of rotatable bonds is 3. The van der Waals surface area contributed by atoms with Crippen molar-refractivity contribution in [1.29, 1.82) is 15.8 Å². The second-order valence-electron chi connectivity index (χ2n) is 4.51. The molecule has 0 unspecified atom stereocenters. The number of hydrogen-bond donors (Lipinski definition) is 2. The third-order valence-electron chi connectivity index (χ3n) is 3.09. The molecule has 0 saturated heterocycles. The lowest BCUT2D eigenvalue weighted by Gasteiger charge is -2.03. The largest absolute Gasteiger partial charge is 0.345 e. The van der Waals surface area contributed by atoms with Crippen LogP contribution < -0.4 is 5.32 Å². The van der Waals surface area contributed by atoms with Gasteiger partial charge in [0.05, 0.1) is 15.9 Å². The average molecular weight is 316 g/mol. The molecule has 7 heteroatoms. The zero-order valence-electron chi connectivity index (χ0n) is 11.7. The van der Waals surface area contributed by atoms with Gasteiger partial charge in [0.1, 0.15) is 29.7 Å². The number of fused-ring (bicyclic) bond motifs is 1. The first-order valence-corrected chi connectivity index (χ1v) is 7.38. The van der Waals surface area contributed by atoms with Crippen molar-refractivity contribution in [3.05, 3.63) is 47.0 Å². The molecule has 0 amide bonds. The van der Waals surface area contributed by atoms with E-state index in [1.165, 1.54) is 0 Å². The van der Waals surface area contributed by atoms with E-state index in [1.54, 1.807) is 41.7 Å². The number of nitrogens with one attached hydrogen (secondary N) is 2. The maximum absolute atomic E-state index is 9.07. The maximum Gasteiger partial charge on any atom is 0.163 e. The van der Waals surface area contributed by atoms with Crippen LogP contribution in [0.5, 0.6) is 0 Å². The van der Waals surface area contributed by atoms with Crippen LogP contribution in [-0.4, -0.2) is 9.97 Å². The number of H-pyrrole nitrogens is 1. The summed E-state index contributed by atoms with van der Waals surface area (Å²) >= 11 is 1.59. The molecule has 2 heterocycles. The van der Waals surface area contributed by atoms with Gasteiger partial charge in [-0.2, -0.15) is 15.8 Å². The molecular weight excluding hydrogens is 308 g/mol. The van der Waals surface area contributed by atoms with Gasteiger partial charge >= 0.3 is 0 Å². The Hall–Kier alpha value is -3.60. The molecule has 0 saturated carbocycles. The Morgan fingerprint density at radius 2 is 1.96 bits per heavy atom. The lowest BCUT2D eigenvalue weighted by Crippen LogP contribution is -2.00. The van der Waals surface area contributed by atoms with E-state index in [1.807, 2.05) is 23.6 Å². The number of aromatic amines is 1. The predicted molar refractivity (Wildman–Crippen MR) is 86.9 cm³/mol. The number of thiophene rings is 1. The Balaban J connectivity index is 1.98. The lowest BCUT2D eigenvalue weighted by molar-refractivity contribution is 1.36. The summed E-state index contributed by atoms with van der Waals surface area (Å²) in [4.78, 5) is 8.76. The topological polar surface area (TPSA) is 112 Å². The van der Waals surface area contributed by atoms with Crippen molar-refractivity contribution in [2.75, 3.05) is 5.32 Å².